The number of quaternary nitrogens is 1. The lowest BCUT2D eigenvalue weighted by atomic mass is 10.9. The second-order valence-corrected chi connectivity index (χ2v) is 2.30. The summed E-state index contributed by atoms with van der Waals surface area (Å²) in [4.78, 5) is 14.5. The van der Waals surface area contributed by atoms with E-state index in [0.29, 0.717) is 0 Å². The molecule has 48 valence electrons. The fourth-order valence-corrected chi connectivity index (χ4v) is 0.270. The van der Waals surface area contributed by atoms with Crippen molar-refractivity contribution in [3.63, 3.8) is 0 Å². The van der Waals surface area contributed by atoms with E-state index < -0.39 is 6.09 Å². The number of rotatable bonds is 1. The van der Waals surface area contributed by atoms with E-state index in [2.05, 4.69) is 4.84 Å². The van der Waals surface area contributed by atoms with Gasteiger partial charge in [-0.05, 0) is 0 Å². The molecule has 1 amide bonds. The summed E-state index contributed by atoms with van der Waals surface area (Å²) in [6, 6.07) is 0. The van der Waals surface area contributed by atoms with E-state index in [1.165, 1.54) is 0 Å². The molecule has 0 aliphatic heterocycles. The average molecular weight is 119 g/mol. The van der Waals surface area contributed by atoms with Gasteiger partial charge in [-0.25, -0.2) is 4.79 Å². The molecule has 0 aromatic rings. The molecule has 0 aliphatic carbocycles. The van der Waals surface area contributed by atoms with E-state index >= 15 is 0 Å². The van der Waals surface area contributed by atoms with Gasteiger partial charge in [0.25, 0.3) is 0 Å². The third-order valence-electron chi connectivity index (χ3n) is 0.364. The van der Waals surface area contributed by atoms with Crippen LogP contribution in [0.1, 0.15) is 0 Å². The van der Waals surface area contributed by atoms with Crippen molar-refractivity contribution < 1.29 is 14.3 Å². The monoisotopic (exact) mass is 119 g/mol. The maximum Gasteiger partial charge on any atom is 0.459 e. The van der Waals surface area contributed by atoms with Gasteiger partial charge in [-0.1, -0.05) is 0 Å². The van der Waals surface area contributed by atoms with Crippen LogP contribution in [0.5, 0.6) is 0 Å². The molecule has 4 heteroatoms. The van der Waals surface area contributed by atoms with E-state index in [9.17, 15) is 4.79 Å². The Morgan fingerprint density at radius 2 is 1.88 bits per heavy atom. The fourth-order valence-electron chi connectivity index (χ4n) is 0.270. The van der Waals surface area contributed by atoms with E-state index in [1.807, 2.05) is 0 Å². The van der Waals surface area contributed by atoms with Gasteiger partial charge in [0.1, 0.15) is 21.1 Å². The van der Waals surface area contributed by atoms with Crippen LogP contribution >= 0.6 is 0 Å². The zero-order valence-electron chi connectivity index (χ0n) is 5.34. The minimum absolute atomic E-state index is 0.106. The van der Waals surface area contributed by atoms with Gasteiger partial charge >= 0.3 is 6.09 Å². The van der Waals surface area contributed by atoms with Gasteiger partial charge in [0.05, 0.1) is 0 Å². The van der Waals surface area contributed by atoms with Crippen LogP contribution in [0.4, 0.5) is 4.79 Å². The van der Waals surface area contributed by atoms with Crippen molar-refractivity contribution in [2.45, 2.75) is 0 Å². The Hall–Kier alpha value is -0.770. The van der Waals surface area contributed by atoms with E-state index in [4.69, 9.17) is 5.73 Å². The first kappa shape index (κ1) is 7.23. The first-order valence-corrected chi connectivity index (χ1v) is 2.22. The average Bonchev–Trinajstić information content (AvgIpc) is 1.21. The molecule has 0 aromatic heterocycles. The first-order valence-electron chi connectivity index (χ1n) is 2.22. The zero-order valence-corrected chi connectivity index (χ0v) is 5.34. The number of amides is 1. The second-order valence-electron chi connectivity index (χ2n) is 2.30. The zero-order chi connectivity index (χ0) is 6.78. The molecule has 8 heavy (non-hydrogen) atoms. The molecule has 0 saturated carbocycles. The summed E-state index contributed by atoms with van der Waals surface area (Å²) in [5.74, 6) is 0. The normalized spacial score (nSPS) is 10.9. The van der Waals surface area contributed by atoms with Gasteiger partial charge in [-0.15, -0.1) is 4.65 Å². The van der Waals surface area contributed by atoms with Crippen molar-refractivity contribution in [3.8, 4) is 0 Å². The molecule has 0 saturated heterocycles. The van der Waals surface area contributed by atoms with Crippen LogP contribution in [0, 0.1) is 0 Å². The van der Waals surface area contributed by atoms with E-state index in [0.717, 1.165) is 0 Å². The van der Waals surface area contributed by atoms with Crippen molar-refractivity contribution in [2.75, 3.05) is 21.1 Å². The molecule has 0 radical (unpaired) electrons. The lowest BCUT2D eigenvalue weighted by molar-refractivity contribution is -1.04. The molecule has 0 bridgehead atoms. The van der Waals surface area contributed by atoms with Crippen LogP contribution in [0.2, 0.25) is 0 Å². The van der Waals surface area contributed by atoms with Gasteiger partial charge in [0, 0.05) is 0 Å². The number of primary amides is 1. The van der Waals surface area contributed by atoms with Crippen LogP contribution < -0.4 is 5.73 Å². The Morgan fingerprint density at radius 1 is 1.50 bits per heavy atom. The summed E-state index contributed by atoms with van der Waals surface area (Å²) in [6.07, 6.45) is -0.752. The molecule has 0 rings (SSSR count). The fraction of sp³-hybridized carbons (Fsp3) is 0.750. The first-order chi connectivity index (χ1) is 3.42. The topological polar surface area (TPSA) is 52.3 Å². The number of carbonyl (C=O) groups excluding carboxylic acids is 1. The van der Waals surface area contributed by atoms with Gasteiger partial charge in [0.2, 0.25) is 0 Å². The van der Waals surface area contributed by atoms with Crippen LogP contribution in [0.15, 0.2) is 0 Å². The largest absolute Gasteiger partial charge is 0.459 e. The maximum atomic E-state index is 10.00. The maximum absolute atomic E-state index is 10.00. The number of hydrogen-bond acceptors (Lipinski definition) is 2. The van der Waals surface area contributed by atoms with Gasteiger partial charge < -0.3 is 5.73 Å². The highest BCUT2D eigenvalue weighted by Gasteiger charge is 2.10. The summed E-state index contributed by atoms with van der Waals surface area (Å²) < 4.78 is 0.106. The van der Waals surface area contributed by atoms with Crippen molar-refractivity contribution in [2.24, 2.45) is 5.73 Å². The smallest absolute Gasteiger partial charge is 0.330 e. The summed E-state index contributed by atoms with van der Waals surface area (Å²) in [6.45, 7) is 0. The number of hydroxylamine groups is 3. The Morgan fingerprint density at radius 3 is 1.88 bits per heavy atom. The predicted octanol–water partition coefficient (Wildman–Crippen LogP) is -0.297. The molecule has 0 heterocycles. The van der Waals surface area contributed by atoms with Crippen LogP contribution in [0.3, 0.4) is 0 Å². The number of nitrogens with two attached hydrogens (primary N) is 1. The molecule has 0 aliphatic rings. The number of nitrogens with zero attached hydrogens (tertiary/aromatic N) is 1. The van der Waals surface area contributed by atoms with Crippen molar-refractivity contribution in [1.82, 2.24) is 0 Å². The molecule has 2 N–H and O–H groups in total. The highest BCUT2D eigenvalue weighted by atomic mass is 16.7. The number of carbonyl (C=O) groups is 1. The molecular formula is C4H11N2O2+. The van der Waals surface area contributed by atoms with Gasteiger partial charge in [0.15, 0.2) is 0 Å². The lowest BCUT2D eigenvalue weighted by Crippen LogP contribution is -2.38. The molecule has 0 spiro atoms. The van der Waals surface area contributed by atoms with Crippen LogP contribution in [0.25, 0.3) is 0 Å². The number of hydrogen-bond donors (Lipinski definition) is 1. The minimum atomic E-state index is -0.752. The Balaban J connectivity index is 3.55. The molecule has 4 nitrogen and oxygen atoms in total. The third-order valence-corrected chi connectivity index (χ3v) is 0.364. The molecule has 0 fully saturated rings. The van der Waals surface area contributed by atoms with E-state index in [-0.39, 0.29) is 4.65 Å². The summed E-state index contributed by atoms with van der Waals surface area (Å²) in [5, 5.41) is 0. The molecule has 0 aromatic carbocycles. The van der Waals surface area contributed by atoms with Crippen molar-refractivity contribution >= 4 is 6.09 Å². The summed E-state index contributed by atoms with van der Waals surface area (Å²) in [7, 11) is 5.10. The minimum Gasteiger partial charge on any atom is -0.330 e. The van der Waals surface area contributed by atoms with Crippen molar-refractivity contribution in [1.29, 1.82) is 0 Å². The Kier molecular flexibility index (Phi) is 1.81. The summed E-state index contributed by atoms with van der Waals surface area (Å²) >= 11 is 0. The third kappa shape index (κ3) is 5.23. The molecular weight excluding hydrogens is 108 g/mol. The van der Waals surface area contributed by atoms with Crippen molar-refractivity contribution in [3.05, 3.63) is 0 Å². The highest BCUT2D eigenvalue weighted by Crippen LogP contribution is 1.89. The lowest BCUT2D eigenvalue weighted by Gasteiger charge is -2.18. The SMILES string of the molecule is C[N+](C)(C)OC(N)=O. The Labute approximate surface area is 48.4 Å². The second kappa shape index (κ2) is 2.00. The quantitative estimate of drug-likeness (QED) is 0.380. The molecule has 0 atom stereocenters. The highest BCUT2D eigenvalue weighted by molar-refractivity contribution is 5.63. The summed E-state index contributed by atoms with van der Waals surface area (Å²) in [5.41, 5.74) is 4.70. The van der Waals surface area contributed by atoms with Gasteiger partial charge in [-0.3, -0.25) is 4.84 Å². The van der Waals surface area contributed by atoms with Gasteiger partial charge in [-0.2, -0.15) is 0 Å². The standard InChI is InChI=1S/C4H10N2O2/c1-6(2,3)8-4(5)7/h1-3H3,(H-,5,7)/p+1. The Bertz CT molecular complexity index is 94.7. The van der Waals surface area contributed by atoms with E-state index in [1.54, 1.807) is 21.1 Å². The van der Waals surface area contributed by atoms with Crippen LogP contribution in [-0.2, 0) is 4.84 Å². The van der Waals surface area contributed by atoms with Crippen LogP contribution in [-0.4, -0.2) is 31.9 Å². The molecule has 0 unspecified atom stereocenters. The predicted molar refractivity (Wildman–Crippen MR) is 28.7 cm³/mol.